The molecule has 4 rings (SSSR count). The smallest absolute Gasteiger partial charge is 0.320 e. The van der Waals surface area contributed by atoms with E-state index >= 15 is 0 Å². The van der Waals surface area contributed by atoms with Gasteiger partial charge >= 0.3 is 6.03 Å². The Morgan fingerprint density at radius 1 is 0.759 bits per heavy atom. The van der Waals surface area contributed by atoms with Gasteiger partial charge in [0.1, 0.15) is 0 Å². The van der Waals surface area contributed by atoms with Crippen molar-refractivity contribution in [1.29, 1.82) is 0 Å². The lowest BCUT2D eigenvalue weighted by molar-refractivity contribution is -0.117. The largest absolute Gasteiger partial charge is 0.325 e. The van der Waals surface area contributed by atoms with Gasteiger partial charge < -0.3 is 14.7 Å². The number of anilines is 1. The average molecular weight is 421 g/mol. The molecule has 0 N–H and O–H groups in total. The minimum atomic E-state index is -3.61. The Kier molecular flexibility index (Phi) is 5.78. The Hall–Kier alpha value is -2.13. The molecule has 0 aliphatic carbocycles. The predicted molar refractivity (Wildman–Crippen MR) is 109 cm³/mol. The first-order chi connectivity index (χ1) is 14.0. The second kappa shape index (κ2) is 8.31. The maximum absolute atomic E-state index is 13.0. The maximum atomic E-state index is 13.0. The number of amides is 3. The zero-order valence-electron chi connectivity index (χ0n) is 16.6. The summed E-state index contributed by atoms with van der Waals surface area (Å²) in [5.41, 5.74) is 0.739. The van der Waals surface area contributed by atoms with E-state index in [2.05, 4.69) is 0 Å². The quantitative estimate of drug-likeness (QED) is 0.746. The van der Waals surface area contributed by atoms with Crippen molar-refractivity contribution in [2.75, 3.05) is 50.7 Å². The molecule has 0 aromatic heterocycles. The van der Waals surface area contributed by atoms with Crippen LogP contribution in [0.25, 0.3) is 0 Å². The molecule has 29 heavy (non-hydrogen) atoms. The molecule has 0 saturated carbocycles. The van der Waals surface area contributed by atoms with Crippen molar-refractivity contribution in [3.05, 3.63) is 24.3 Å². The lowest BCUT2D eigenvalue weighted by Crippen LogP contribution is -2.54. The number of piperazine rings is 1. The number of benzene rings is 1. The number of hydrogen-bond donors (Lipinski definition) is 0. The monoisotopic (exact) mass is 420 g/mol. The van der Waals surface area contributed by atoms with E-state index in [9.17, 15) is 18.0 Å². The van der Waals surface area contributed by atoms with Crippen LogP contribution in [0.5, 0.6) is 0 Å². The third-order valence-corrected chi connectivity index (χ3v) is 7.91. The van der Waals surface area contributed by atoms with Gasteiger partial charge in [-0.2, -0.15) is 4.31 Å². The number of likely N-dealkylation sites (tertiary alicyclic amines) is 1. The highest BCUT2D eigenvalue weighted by molar-refractivity contribution is 7.89. The molecule has 0 radical (unpaired) electrons. The summed E-state index contributed by atoms with van der Waals surface area (Å²) in [7, 11) is -3.61. The van der Waals surface area contributed by atoms with Crippen LogP contribution in [0.15, 0.2) is 29.2 Å². The topological polar surface area (TPSA) is 81.2 Å². The molecule has 0 atom stereocenters. The highest BCUT2D eigenvalue weighted by Gasteiger charge is 2.32. The van der Waals surface area contributed by atoms with Gasteiger partial charge in [0.25, 0.3) is 0 Å². The summed E-state index contributed by atoms with van der Waals surface area (Å²) in [6.07, 6.45) is 4.62. The van der Waals surface area contributed by atoms with Crippen molar-refractivity contribution in [3.8, 4) is 0 Å². The molecule has 3 aliphatic rings. The van der Waals surface area contributed by atoms with Crippen molar-refractivity contribution >= 4 is 27.6 Å². The zero-order valence-corrected chi connectivity index (χ0v) is 17.4. The first-order valence-corrected chi connectivity index (χ1v) is 11.9. The highest BCUT2D eigenvalue weighted by atomic mass is 32.2. The summed E-state index contributed by atoms with van der Waals surface area (Å²) in [6, 6.07) is 6.57. The number of urea groups is 1. The van der Waals surface area contributed by atoms with Gasteiger partial charge in [-0.15, -0.1) is 0 Å². The molecule has 8 nitrogen and oxygen atoms in total. The molecule has 158 valence electrons. The minimum absolute atomic E-state index is 0.0291. The van der Waals surface area contributed by atoms with Crippen LogP contribution in [0, 0.1) is 0 Å². The van der Waals surface area contributed by atoms with Crippen molar-refractivity contribution in [1.82, 2.24) is 14.1 Å². The van der Waals surface area contributed by atoms with Crippen molar-refractivity contribution in [2.45, 2.75) is 37.0 Å². The van der Waals surface area contributed by atoms with Crippen LogP contribution in [0.3, 0.4) is 0 Å². The first kappa shape index (κ1) is 20.2. The molecule has 9 heteroatoms. The van der Waals surface area contributed by atoms with Gasteiger partial charge in [0.15, 0.2) is 0 Å². The van der Waals surface area contributed by atoms with Crippen LogP contribution >= 0.6 is 0 Å². The summed E-state index contributed by atoms with van der Waals surface area (Å²) in [5, 5.41) is 0. The molecule has 3 fully saturated rings. The van der Waals surface area contributed by atoms with E-state index in [-0.39, 0.29) is 16.8 Å². The number of hydrogen-bond acceptors (Lipinski definition) is 4. The molecule has 0 spiro atoms. The second-order valence-electron chi connectivity index (χ2n) is 7.86. The third kappa shape index (κ3) is 4.11. The lowest BCUT2D eigenvalue weighted by atomic mass is 10.1. The predicted octanol–water partition coefficient (Wildman–Crippen LogP) is 1.73. The van der Waals surface area contributed by atoms with Crippen LogP contribution in [-0.4, -0.2) is 80.3 Å². The van der Waals surface area contributed by atoms with Crippen LogP contribution < -0.4 is 4.90 Å². The number of nitrogens with zero attached hydrogens (tertiary/aromatic N) is 4. The number of carbonyl (C=O) groups is 2. The van der Waals surface area contributed by atoms with Crippen molar-refractivity contribution in [2.24, 2.45) is 0 Å². The van der Waals surface area contributed by atoms with E-state index in [1.165, 1.54) is 10.7 Å². The Balaban J connectivity index is 1.38. The first-order valence-electron chi connectivity index (χ1n) is 10.4. The molecule has 0 unspecified atom stereocenters. The molecule has 3 amide bonds. The fourth-order valence-corrected chi connectivity index (χ4v) is 5.70. The number of sulfonamides is 1. The van der Waals surface area contributed by atoms with Gasteiger partial charge in [0.2, 0.25) is 15.9 Å². The summed E-state index contributed by atoms with van der Waals surface area (Å²) in [5.74, 6) is 0.0788. The standard InChI is InChI=1S/C20H28N4O4S/c25-19-5-4-12-24(19)17-6-8-18(9-7-17)29(27,28)23-15-13-22(14-16-23)20(26)21-10-2-1-3-11-21/h6-9H,1-5,10-16H2. The Morgan fingerprint density at radius 2 is 1.38 bits per heavy atom. The SMILES string of the molecule is O=C(N1CCCCC1)N1CCN(S(=O)(=O)c2ccc(N3CCCC3=O)cc2)CC1. The fourth-order valence-electron chi connectivity index (χ4n) is 4.27. The Labute approximate surface area is 172 Å². The summed E-state index contributed by atoms with van der Waals surface area (Å²) < 4.78 is 27.4. The van der Waals surface area contributed by atoms with Crippen LogP contribution in [0.1, 0.15) is 32.1 Å². The van der Waals surface area contributed by atoms with Crippen LogP contribution in [-0.2, 0) is 14.8 Å². The van der Waals surface area contributed by atoms with Gasteiger partial charge in [-0.1, -0.05) is 0 Å². The molecule has 3 heterocycles. The number of carbonyl (C=O) groups excluding carboxylic acids is 2. The molecule has 1 aromatic rings. The Bertz CT molecular complexity index is 857. The molecular formula is C20H28N4O4S. The summed E-state index contributed by atoms with van der Waals surface area (Å²) in [4.78, 5) is 30.1. The third-order valence-electron chi connectivity index (χ3n) is 6.00. The fraction of sp³-hybridized carbons (Fsp3) is 0.600. The van der Waals surface area contributed by atoms with E-state index in [1.807, 2.05) is 4.90 Å². The normalized spacial score (nSPS) is 21.7. The molecule has 3 saturated heterocycles. The Morgan fingerprint density at radius 3 is 1.97 bits per heavy atom. The van der Waals surface area contributed by atoms with Crippen LogP contribution in [0.4, 0.5) is 10.5 Å². The number of piperidine rings is 1. The maximum Gasteiger partial charge on any atom is 0.320 e. The zero-order chi connectivity index (χ0) is 20.4. The summed E-state index contributed by atoms with van der Waals surface area (Å²) >= 11 is 0. The summed E-state index contributed by atoms with van der Waals surface area (Å²) in [6.45, 7) is 3.69. The minimum Gasteiger partial charge on any atom is -0.325 e. The molecular weight excluding hydrogens is 392 g/mol. The van der Waals surface area contributed by atoms with Gasteiger partial charge in [0.05, 0.1) is 4.90 Å². The van der Waals surface area contributed by atoms with Crippen LogP contribution in [0.2, 0.25) is 0 Å². The number of rotatable bonds is 3. The molecule has 0 bridgehead atoms. The average Bonchev–Trinajstić information content (AvgIpc) is 3.20. The molecule has 3 aliphatic heterocycles. The highest BCUT2D eigenvalue weighted by Crippen LogP contribution is 2.25. The molecule has 1 aromatic carbocycles. The van der Waals surface area contributed by atoms with E-state index in [4.69, 9.17) is 0 Å². The van der Waals surface area contributed by atoms with Crippen molar-refractivity contribution in [3.63, 3.8) is 0 Å². The van der Waals surface area contributed by atoms with Gasteiger partial charge in [-0.25, -0.2) is 13.2 Å². The van der Waals surface area contributed by atoms with Crippen molar-refractivity contribution < 1.29 is 18.0 Å². The van der Waals surface area contributed by atoms with E-state index < -0.39 is 10.0 Å². The lowest BCUT2D eigenvalue weighted by Gasteiger charge is -2.38. The van der Waals surface area contributed by atoms with E-state index in [0.717, 1.165) is 38.0 Å². The van der Waals surface area contributed by atoms with Gasteiger partial charge in [-0.3, -0.25) is 4.79 Å². The van der Waals surface area contributed by atoms with Gasteiger partial charge in [-0.05, 0) is 49.9 Å². The van der Waals surface area contributed by atoms with Gasteiger partial charge in [0, 0.05) is 57.9 Å². The van der Waals surface area contributed by atoms with E-state index in [1.54, 1.807) is 34.1 Å². The van der Waals surface area contributed by atoms with E-state index in [0.29, 0.717) is 39.1 Å². The second-order valence-corrected chi connectivity index (χ2v) is 9.80.